The van der Waals surface area contributed by atoms with Crippen molar-refractivity contribution in [1.82, 2.24) is 15.2 Å². The molecular weight excluding hydrogens is 320 g/mol. The van der Waals surface area contributed by atoms with E-state index in [0.29, 0.717) is 6.54 Å². The van der Waals surface area contributed by atoms with Gasteiger partial charge in [-0.25, -0.2) is 4.98 Å². The van der Waals surface area contributed by atoms with Crippen LogP contribution >= 0.6 is 11.3 Å². The van der Waals surface area contributed by atoms with Crippen LogP contribution < -0.4 is 5.32 Å². The largest absolute Gasteiger partial charge is 0.375 e. The van der Waals surface area contributed by atoms with E-state index in [4.69, 9.17) is 4.74 Å². The number of aliphatic imine (C=N–C) groups is 1. The van der Waals surface area contributed by atoms with E-state index in [1.807, 2.05) is 14.0 Å². The van der Waals surface area contributed by atoms with Crippen molar-refractivity contribution in [3.63, 3.8) is 0 Å². The first-order valence-corrected chi connectivity index (χ1v) is 8.86. The predicted molar refractivity (Wildman–Crippen MR) is 100 cm³/mol. The molecule has 0 fully saturated rings. The highest BCUT2D eigenvalue weighted by molar-refractivity contribution is 7.09. The van der Waals surface area contributed by atoms with Crippen LogP contribution in [0.1, 0.15) is 34.9 Å². The van der Waals surface area contributed by atoms with Gasteiger partial charge in [0.1, 0.15) is 11.1 Å². The third-order valence-electron chi connectivity index (χ3n) is 3.94. The molecule has 6 heteroatoms. The number of methoxy groups -OCH3 is 1. The van der Waals surface area contributed by atoms with E-state index in [9.17, 15) is 0 Å². The molecule has 2 rings (SSSR count). The lowest BCUT2D eigenvalue weighted by molar-refractivity contribution is 0.119. The molecule has 1 atom stereocenters. The third-order valence-corrected chi connectivity index (χ3v) is 5.00. The zero-order valence-electron chi connectivity index (χ0n) is 15.0. The van der Waals surface area contributed by atoms with E-state index < -0.39 is 0 Å². The average molecular weight is 347 g/mol. The zero-order chi connectivity index (χ0) is 17.5. The van der Waals surface area contributed by atoms with Gasteiger partial charge in [0.25, 0.3) is 0 Å². The van der Waals surface area contributed by atoms with Gasteiger partial charge in [0.05, 0.1) is 12.2 Å². The SMILES string of the molecule is CN=C(NCc1ccccc1C)N(C)Cc1csc(C(C)OC)n1. The van der Waals surface area contributed by atoms with Crippen LogP contribution in [0.15, 0.2) is 34.6 Å². The van der Waals surface area contributed by atoms with Crippen molar-refractivity contribution in [3.05, 3.63) is 51.5 Å². The number of hydrogen-bond donors (Lipinski definition) is 1. The summed E-state index contributed by atoms with van der Waals surface area (Å²) < 4.78 is 5.32. The molecule has 1 N–H and O–H groups in total. The van der Waals surface area contributed by atoms with Crippen LogP contribution in [0, 0.1) is 6.92 Å². The van der Waals surface area contributed by atoms with Crippen molar-refractivity contribution in [2.45, 2.75) is 33.0 Å². The summed E-state index contributed by atoms with van der Waals surface area (Å²) in [5.41, 5.74) is 3.58. The normalized spacial score (nSPS) is 13.0. The number of thiazole rings is 1. The lowest BCUT2D eigenvalue weighted by Gasteiger charge is -2.21. The summed E-state index contributed by atoms with van der Waals surface area (Å²) in [7, 11) is 5.53. The number of hydrogen-bond acceptors (Lipinski definition) is 4. The van der Waals surface area contributed by atoms with E-state index in [2.05, 4.69) is 56.8 Å². The maximum atomic E-state index is 5.32. The molecule has 5 nitrogen and oxygen atoms in total. The molecule has 130 valence electrons. The first kappa shape index (κ1) is 18.4. The van der Waals surface area contributed by atoms with Crippen molar-refractivity contribution in [3.8, 4) is 0 Å². The molecule has 0 saturated carbocycles. The van der Waals surface area contributed by atoms with Crippen molar-refractivity contribution >= 4 is 17.3 Å². The van der Waals surface area contributed by atoms with E-state index in [1.165, 1.54) is 11.1 Å². The summed E-state index contributed by atoms with van der Waals surface area (Å²) in [5.74, 6) is 0.854. The minimum Gasteiger partial charge on any atom is -0.375 e. The number of benzene rings is 1. The quantitative estimate of drug-likeness (QED) is 0.644. The molecule has 1 aromatic heterocycles. The number of rotatable bonds is 6. The van der Waals surface area contributed by atoms with Crippen molar-refractivity contribution in [1.29, 1.82) is 0 Å². The van der Waals surface area contributed by atoms with Gasteiger partial charge in [0, 0.05) is 33.1 Å². The molecule has 1 heterocycles. The van der Waals surface area contributed by atoms with Gasteiger partial charge < -0.3 is 15.0 Å². The van der Waals surface area contributed by atoms with Crippen LogP contribution in [0.4, 0.5) is 0 Å². The van der Waals surface area contributed by atoms with Gasteiger partial charge in [-0.15, -0.1) is 11.3 Å². The highest BCUT2D eigenvalue weighted by Crippen LogP contribution is 2.20. The first-order chi connectivity index (χ1) is 11.5. The Bertz CT molecular complexity index is 683. The Morgan fingerprint density at radius 2 is 2.17 bits per heavy atom. The van der Waals surface area contributed by atoms with Gasteiger partial charge in [-0.2, -0.15) is 0 Å². The molecule has 1 aromatic carbocycles. The smallest absolute Gasteiger partial charge is 0.194 e. The van der Waals surface area contributed by atoms with Crippen LogP contribution in [-0.4, -0.2) is 37.0 Å². The van der Waals surface area contributed by atoms with Crippen molar-refractivity contribution in [2.75, 3.05) is 21.2 Å². The number of aromatic nitrogens is 1. The summed E-state index contributed by atoms with van der Waals surface area (Å²) >= 11 is 1.63. The molecular formula is C18H26N4OS. The monoisotopic (exact) mass is 346 g/mol. The maximum absolute atomic E-state index is 5.32. The second-order valence-electron chi connectivity index (χ2n) is 5.74. The van der Waals surface area contributed by atoms with Crippen LogP contribution in [0.3, 0.4) is 0 Å². The van der Waals surface area contributed by atoms with Crippen molar-refractivity contribution in [2.24, 2.45) is 4.99 Å². The molecule has 0 bridgehead atoms. The second-order valence-corrected chi connectivity index (χ2v) is 6.63. The second kappa shape index (κ2) is 8.80. The molecule has 0 spiro atoms. The van der Waals surface area contributed by atoms with E-state index in [1.54, 1.807) is 25.5 Å². The van der Waals surface area contributed by atoms with Gasteiger partial charge in [0.15, 0.2) is 5.96 Å². The molecule has 0 aliphatic rings. The van der Waals surface area contributed by atoms with Gasteiger partial charge >= 0.3 is 0 Å². The first-order valence-electron chi connectivity index (χ1n) is 7.98. The molecule has 24 heavy (non-hydrogen) atoms. The lowest BCUT2D eigenvalue weighted by atomic mass is 10.1. The Morgan fingerprint density at radius 1 is 1.42 bits per heavy atom. The standard InChI is InChI=1S/C18H26N4OS/c1-13-8-6-7-9-15(13)10-20-18(19-3)22(4)11-16-12-24-17(21-16)14(2)23-5/h6-9,12,14H,10-11H2,1-5H3,(H,19,20). The third kappa shape index (κ3) is 4.79. The average Bonchev–Trinajstić information content (AvgIpc) is 3.04. The predicted octanol–water partition coefficient (Wildman–Crippen LogP) is 3.37. The highest BCUT2D eigenvalue weighted by atomic mass is 32.1. The topological polar surface area (TPSA) is 49.8 Å². The van der Waals surface area contributed by atoms with Crippen LogP contribution in [0.2, 0.25) is 0 Å². The summed E-state index contributed by atoms with van der Waals surface area (Å²) in [6.45, 7) is 5.60. The van der Waals surface area contributed by atoms with E-state index in [-0.39, 0.29) is 6.10 Å². The molecule has 2 aromatic rings. The van der Waals surface area contributed by atoms with Crippen LogP contribution in [-0.2, 0) is 17.8 Å². The minimum absolute atomic E-state index is 0.0348. The summed E-state index contributed by atoms with van der Waals surface area (Å²) in [6, 6.07) is 8.37. The minimum atomic E-state index is 0.0348. The Hall–Kier alpha value is -1.92. The Balaban J connectivity index is 1.95. The fourth-order valence-corrected chi connectivity index (χ4v) is 3.21. The molecule has 0 amide bonds. The number of nitrogens with zero attached hydrogens (tertiary/aromatic N) is 3. The summed E-state index contributed by atoms with van der Waals surface area (Å²) in [4.78, 5) is 11.1. The summed E-state index contributed by atoms with van der Waals surface area (Å²) in [5, 5.41) is 6.50. The van der Waals surface area contributed by atoms with Gasteiger partial charge in [0.2, 0.25) is 0 Å². The highest BCUT2D eigenvalue weighted by Gasteiger charge is 2.12. The number of guanidine groups is 1. The Morgan fingerprint density at radius 3 is 2.83 bits per heavy atom. The maximum Gasteiger partial charge on any atom is 0.194 e. The lowest BCUT2D eigenvalue weighted by Crippen LogP contribution is -2.38. The Kier molecular flexibility index (Phi) is 6.75. The summed E-state index contributed by atoms with van der Waals surface area (Å²) in [6.07, 6.45) is 0.0348. The van der Waals surface area contributed by atoms with E-state index in [0.717, 1.165) is 23.2 Å². The number of nitrogens with one attached hydrogen (secondary N) is 1. The molecule has 0 saturated heterocycles. The Labute approximate surface area is 148 Å². The van der Waals surface area contributed by atoms with Crippen LogP contribution in [0.25, 0.3) is 0 Å². The fourth-order valence-electron chi connectivity index (χ4n) is 2.37. The number of ether oxygens (including phenoxy) is 1. The van der Waals surface area contributed by atoms with Crippen LogP contribution in [0.5, 0.6) is 0 Å². The number of aryl methyl sites for hydroxylation is 1. The molecule has 0 radical (unpaired) electrons. The van der Waals surface area contributed by atoms with Gasteiger partial charge in [-0.3, -0.25) is 4.99 Å². The molecule has 0 aliphatic heterocycles. The fraction of sp³-hybridized carbons (Fsp3) is 0.444. The van der Waals surface area contributed by atoms with Gasteiger partial charge in [-0.1, -0.05) is 24.3 Å². The zero-order valence-corrected chi connectivity index (χ0v) is 15.9. The molecule has 0 aliphatic carbocycles. The van der Waals surface area contributed by atoms with Gasteiger partial charge in [-0.05, 0) is 25.0 Å². The molecule has 1 unspecified atom stereocenters. The van der Waals surface area contributed by atoms with Crippen molar-refractivity contribution < 1.29 is 4.74 Å². The van der Waals surface area contributed by atoms with E-state index >= 15 is 0 Å².